The molecular formula is C10H17N3O. The highest BCUT2D eigenvalue weighted by atomic mass is 16.2. The minimum atomic E-state index is -0.237. The molecular weight excluding hydrogens is 178 g/mol. The zero-order valence-corrected chi connectivity index (χ0v) is 9.03. The molecule has 1 saturated heterocycles. The van der Waals surface area contributed by atoms with Gasteiger partial charge in [-0.1, -0.05) is 0 Å². The Labute approximate surface area is 85.1 Å². The number of likely N-dealkylation sites (N-methyl/N-ethyl adjacent to an activating group) is 1. The molecule has 4 heteroatoms. The van der Waals surface area contributed by atoms with E-state index in [1.54, 1.807) is 11.9 Å². The van der Waals surface area contributed by atoms with Crippen LogP contribution in [-0.4, -0.2) is 47.9 Å². The highest BCUT2D eigenvalue weighted by molar-refractivity contribution is 5.82. The molecule has 0 saturated carbocycles. The van der Waals surface area contributed by atoms with E-state index in [4.69, 9.17) is 5.26 Å². The van der Waals surface area contributed by atoms with Gasteiger partial charge in [0.15, 0.2) is 0 Å². The van der Waals surface area contributed by atoms with Crippen LogP contribution in [0.3, 0.4) is 0 Å². The summed E-state index contributed by atoms with van der Waals surface area (Å²) in [4.78, 5) is 15.6. The lowest BCUT2D eigenvalue weighted by Crippen LogP contribution is -2.57. The highest BCUT2D eigenvalue weighted by Gasteiger charge is 2.33. The number of nitrogens with zero attached hydrogens (tertiary/aromatic N) is 3. The largest absolute Gasteiger partial charge is 0.343 e. The fraction of sp³-hybridized carbons (Fsp3) is 0.800. The second kappa shape index (κ2) is 4.43. The molecule has 1 aliphatic rings. The fourth-order valence-corrected chi connectivity index (χ4v) is 1.84. The number of hydrogen-bond donors (Lipinski definition) is 0. The number of amides is 1. The van der Waals surface area contributed by atoms with Crippen molar-refractivity contribution in [1.29, 1.82) is 5.26 Å². The van der Waals surface area contributed by atoms with E-state index in [9.17, 15) is 4.79 Å². The predicted octanol–water partition coefficient (Wildman–Crippen LogP) is 0.451. The maximum absolute atomic E-state index is 11.8. The molecule has 0 bridgehead atoms. The fourth-order valence-electron chi connectivity index (χ4n) is 1.84. The summed E-state index contributed by atoms with van der Waals surface area (Å²) < 4.78 is 0. The standard InChI is InChI=1S/C10H17N3O/c1-8(2)13-7-6-12(3)10(14)9(13)4-5-11/h8-9H,4,6-7H2,1-3H3. The molecule has 1 fully saturated rings. The van der Waals surface area contributed by atoms with E-state index < -0.39 is 0 Å². The number of rotatable bonds is 2. The molecule has 0 aromatic carbocycles. The van der Waals surface area contributed by atoms with Crippen LogP contribution in [0.1, 0.15) is 20.3 Å². The minimum Gasteiger partial charge on any atom is -0.343 e. The molecule has 0 aromatic heterocycles. The van der Waals surface area contributed by atoms with Crippen molar-refractivity contribution in [3.05, 3.63) is 0 Å². The number of hydrogen-bond acceptors (Lipinski definition) is 3. The normalized spacial score (nSPS) is 24.1. The van der Waals surface area contributed by atoms with Crippen LogP contribution < -0.4 is 0 Å². The van der Waals surface area contributed by atoms with Crippen LogP contribution in [-0.2, 0) is 4.79 Å². The maximum Gasteiger partial charge on any atom is 0.240 e. The van der Waals surface area contributed by atoms with Gasteiger partial charge in [-0.3, -0.25) is 9.69 Å². The summed E-state index contributed by atoms with van der Waals surface area (Å²) in [6.45, 7) is 5.75. The molecule has 0 radical (unpaired) electrons. The first kappa shape index (κ1) is 11.0. The van der Waals surface area contributed by atoms with Crippen molar-refractivity contribution >= 4 is 5.91 Å². The van der Waals surface area contributed by atoms with E-state index in [0.717, 1.165) is 13.1 Å². The Balaban J connectivity index is 2.77. The lowest BCUT2D eigenvalue weighted by atomic mass is 10.1. The zero-order chi connectivity index (χ0) is 10.7. The van der Waals surface area contributed by atoms with E-state index in [2.05, 4.69) is 24.8 Å². The van der Waals surface area contributed by atoms with Gasteiger partial charge in [-0.25, -0.2) is 0 Å². The third-order valence-electron chi connectivity index (χ3n) is 2.70. The van der Waals surface area contributed by atoms with Gasteiger partial charge in [-0.2, -0.15) is 5.26 Å². The summed E-state index contributed by atoms with van der Waals surface area (Å²) in [7, 11) is 1.80. The van der Waals surface area contributed by atoms with E-state index >= 15 is 0 Å². The van der Waals surface area contributed by atoms with Crippen LogP contribution in [0.4, 0.5) is 0 Å². The van der Waals surface area contributed by atoms with Crippen molar-refractivity contribution in [3.63, 3.8) is 0 Å². The third-order valence-corrected chi connectivity index (χ3v) is 2.70. The summed E-state index contributed by atoms with van der Waals surface area (Å²) in [6, 6.07) is 2.17. The molecule has 0 aliphatic carbocycles. The Hall–Kier alpha value is -1.08. The lowest BCUT2D eigenvalue weighted by molar-refractivity contribution is -0.141. The van der Waals surface area contributed by atoms with Crippen molar-refractivity contribution in [2.45, 2.75) is 32.4 Å². The summed E-state index contributed by atoms with van der Waals surface area (Å²) in [5, 5.41) is 8.67. The number of nitriles is 1. The number of carbonyl (C=O) groups is 1. The van der Waals surface area contributed by atoms with Gasteiger partial charge in [-0.15, -0.1) is 0 Å². The van der Waals surface area contributed by atoms with Crippen molar-refractivity contribution in [3.8, 4) is 6.07 Å². The van der Waals surface area contributed by atoms with E-state index in [-0.39, 0.29) is 11.9 Å². The molecule has 1 rings (SSSR count). The molecule has 1 amide bonds. The molecule has 1 heterocycles. The quantitative estimate of drug-likeness (QED) is 0.642. The Morgan fingerprint density at radius 2 is 2.21 bits per heavy atom. The van der Waals surface area contributed by atoms with Gasteiger partial charge in [0, 0.05) is 26.2 Å². The van der Waals surface area contributed by atoms with Crippen molar-refractivity contribution in [2.24, 2.45) is 0 Å². The van der Waals surface area contributed by atoms with Crippen LogP contribution >= 0.6 is 0 Å². The van der Waals surface area contributed by atoms with Gasteiger partial charge in [0.2, 0.25) is 5.91 Å². The number of carbonyl (C=O) groups excluding carboxylic acids is 1. The smallest absolute Gasteiger partial charge is 0.240 e. The van der Waals surface area contributed by atoms with Crippen molar-refractivity contribution < 1.29 is 4.79 Å². The molecule has 4 nitrogen and oxygen atoms in total. The van der Waals surface area contributed by atoms with Crippen LogP contribution in [0.15, 0.2) is 0 Å². The first-order valence-electron chi connectivity index (χ1n) is 4.95. The summed E-state index contributed by atoms with van der Waals surface area (Å²) in [6.07, 6.45) is 0.293. The van der Waals surface area contributed by atoms with Gasteiger partial charge >= 0.3 is 0 Å². The Morgan fingerprint density at radius 1 is 1.57 bits per heavy atom. The Morgan fingerprint density at radius 3 is 2.71 bits per heavy atom. The average Bonchev–Trinajstić information content (AvgIpc) is 2.13. The van der Waals surface area contributed by atoms with E-state index in [0.29, 0.717) is 12.5 Å². The number of piperazine rings is 1. The van der Waals surface area contributed by atoms with Crippen LogP contribution in [0.5, 0.6) is 0 Å². The average molecular weight is 195 g/mol. The zero-order valence-electron chi connectivity index (χ0n) is 9.03. The summed E-state index contributed by atoms with van der Waals surface area (Å²) in [5.74, 6) is 0.0755. The SMILES string of the molecule is CC(C)N1CCN(C)C(=O)C1CC#N. The first-order chi connectivity index (χ1) is 6.57. The van der Waals surface area contributed by atoms with Gasteiger partial charge in [0.1, 0.15) is 6.04 Å². The van der Waals surface area contributed by atoms with Gasteiger partial charge < -0.3 is 4.90 Å². The van der Waals surface area contributed by atoms with Gasteiger partial charge in [0.25, 0.3) is 0 Å². The topological polar surface area (TPSA) is 47.3 Å². The Kier molecular flexibility index (Phi) is 3.48. The highest BCUT2D eigenvalue weighted by Crippen LogP contribution is 2.15. The summed E-state index contributed by atoms with van der Waals surface area (Å²) in [5.41, 5.74) is 0. The van der Waals surface area contributed by atoms with E-state index in [1.165, 1.54) is 0 Å². The summed E-state index contributed by atoms with van der Waals surface area (Å²) >= 11 is 0. The van der Waals surface area contributed by atoms with E-state index in [1.807, 2.05) is 0 Å². The molecule has 14 heavy (non-hydrogen) atoms. The van der Waals surface area contributed by atoms with Gasteiger partial charge in [-0.05, 0) is 13.8 Å². The van der Waals surface area contributed by atoms with Crippen LogP contribution in [0.2, 0.25) is 0 Å². The monoisotopic (exact) mass is 195 g/mol. The minimum absolute atomic E-state index is 0.0755. The molecule has 1 aliphatic heterocycles. The lowest BCUT2D eigenvalue weighted by Gasteiger charge is -2.40. The van der Waals surface area contributed by atoms with Gasteiger partial charge in [0.05, 0.1) is 12.5 Å². The third kappa shape index (κ3) is 2.05. The second-order valence-corrected chi connectivity index (χ2v) is 3.97. The second-order valence-electron chi connectivity index (χ2n) is 3.97. The van der Waals surface area contributed by atoms with Crippen molar-refractivity contribution in [2.75, 3.05) is 20.1 Å². The van der Waals surface area contributed by atoms with Crippen LogP contribution in [0.25, 0.3) is 0 Å². The molecule has 78 valence electrons. The maximum atomic E-state index is 11.8. The predicted molar refractivity (Wildman–Crippen MR) is 53.5 cm³/mol. The molecule has 1 atom stereocenters. The van der Waals surface area contributed by atoms with Crippen LogP contribution in [0, 0.1) is 11.3 Å². The molecule has 0 spiro atoms. The molecule has 1 unspecified atom stereocenters. The molecule has 0 N–H and O–H groups in total. The first-order valence-corrected chi connectivity index (χ1v) is 4.95. The molecule has 0 aromatic rings. The Bertz CT molecular complexity index is 257. The van der Waals surface area contributed by atoms with Crippen molar-refractivity contribution in [1.82, 2.24) is 9.80 Å².